The van der Waals surface area contributed by atoms with Crippen molar-refractivity contribution in [1.82, 2.24) is 34.9 Å². The lowest BCUT2D eigenvalue weighted by Gasteiger charge is -2.49. The highest BCUT2D eigenvalue weighted by Crippen LogP contribution is 2.41. The van der Waals surface area contributed by atoms with Crippen molar-refractivity contribution in [3.63, 3.8) is 0 Å². The molecule has 0 saturated carbocycles. The number of nitrogens with zero attached hydrogens (tertiary/aromatic N) is 6. The summed E-state index contributed by atoms with van der Waals surface area (Å²) in [6.45, 7) is 0.830. The lowest BCUT2D eigenvalue weighted by atomic mass is 10.0. The van der Waals surface area contributed by atoms with Crippen molar-refractivity contribution >= 4 is 63.7 Å². The van der Waals surface area contributed by atoms with Crippen LogP contribution in [0, 0.1) is 0 Å². The number of nitrogens with two attached hydrogens (primary N) is 2. The van der Waals surface area contributed by atoms with Gasteiger partial charge in [-0.3, -0.25) is 19.9 Å². The van der Waals surface area contributed by atoms with Gasteiger partial charge in [-0.25, -0.2) is 9.80 Å². The highest BCUT2D eigenvalue weighted by molar-refractivity contribution is 8.03. The van der Waals surface area contributed by atoms with Crippen molar-refractivity contribution in [3.05, 3.63) is 52.5 Å². The number of thioether (sulfide) groups is 2. The van der Waals surface area contributed by atoms with Gasteiger partial charge >= 0.3 is 5.97 Å². The summed E-state index contributed by atoms with van der Waals surface area (Å²) in [6.07, 6.45) is 7.54. The molecule has 7 N–H and O–H groups in total. The van der Waals surface area contributed by atoms with Crippen LogP contribution in [-0.4, -0.2) is 95.9 Å². The number of carboxylic acid groups (broad SMARTS) is 1. The summed E-state index contributed by atoms with van der Waals surface area (Å²) in [6, 6.07) is -0.960. The summed E-state index contributed by atoms with van der Waals surface area (Å²) in [4.78, 5) is 50.1. The number of allylic oxidation sites excluding steroid dienone is 2. The fourth-order valence-corrected chi connectivity index (χ4v) is 6.66. The molecule has 5 rings (SSSR count). The van der Waals surface area contributed by atoms with E-state index in [9.17, 15) is 19.5 Å². The molecule has 0 unspecified atom stereocenters. The van der Waals surface area contributed by atoms with Crippen molar-refractivity contribution in [1.29, 1.82) is 0 Å². The molecule has 0 radical (unpaired) electrons. The summed E-state index contributed by atoms with van der Waals surface area (Å²) in [5.41, 5.74) is 14.7. The molecule has 15 nitrogen and oxygen atoms in total. The van der Waals surface area contributed by atoms with Gasteiger partial charge in [-0.15, -0.1) is 23.5 Å². The first-order valence-corrected chi connectivity index (χ1v) is 14.3. The van der Waals surface area contributed by atoms with Crippen LogP contribution in [0.4, 0.5) is 5.13 Å². The minimum absolute atomic E-state index is 0.0376. The number of nitrogens with one attached hydrogen (secondary N) is 2. The monoisotopic (exact) mass is 592 g/mol. The maximum atomic E-state index is 13.1. The molecule has 0 bridgehead atoms. The molecular formula is C21H24N10O5S3. The van der Waals surface area contributed by atoms with Crippen molar-refractivity contribution in [2.75, 3.05) is 37.4 Å². The SMILES string of the molecule is CO/N=C(\C(=O)N[C@@H]1C(=O)N2C(C(=O)O)=C(CN3C=CN4NC(SCCN)=CC=C34)CS[C@@H]12)c1nsc(N)n1. The Morgan fingerprint density at radius 3 is 2.90 bits per heavy atom. The Morgan fingerprint density at radius 2 is 2.21 bits per heavy atom. The van der Waals surface area contributed by atoms with Crippen LogP contribution in [0.25, 0.3) is 0 Å². The lowest BCUT2D eigenvalue weighted by Crippen LogP contribution is -2.71. The third-order valence-corrected chi connectivity index (χ3v) is 8.74. The molecule has 1 fully saturated rings. The Hall–Kier alpha value is -3.74. The van der Waals surface area contributed by atoms with Crippen molar-refractivity contribution in [2.45, 2.75) is 11.4 Å². The molecule has 39 heavy (non-hydrogen) atoms. The maximum Gasteiger partial charge on any atom is 0.352 e. The molecule has 2 atom stereocenters. The molecule has 1 aromatic heterocycles. The summed E-state index contributed by atoms with van der Waals surface area (Å²) >= 11 is 3.85. The van der Waals surface area contributed by atoms with E-state index in [1.807, 2.05) is 34.5 Å². The van der Waals surface area contributed by atoms with E-state index in [1.54, 1.807) is 11.8 Å². The number of carboxylic acids is 1. The third kappa shape index (κ3) is 5.14. The van der Waals surface area contributed by atoms with E-state index >= 15 is 0 Å². The number of anilines is 1. The second kappa shape index (κ2) is 11.2. The standard InChI is InChI=1S/C21H24N10O5S3/c1-36-27-13(16-25-21(23)39-28-16)17(32)24-14-18(33)31-15(20(34)35)10(9-38-19(14)31)8-29-5-6-30-12(29)3-2-11(26-30)37-7-4-22/h2-3,5-6,14,19,26H,4,7-9,22H2,1H3,(H,24,32)(H,34,35)(H2,23,25,28)/b27-13-/t14-,19+/m1/s1. The summed E-state index contributed by atoms with van der Waals surface area (Å²) < 4.78 is 3.96. The van der Waals surface area contributed by atoms with Crippen molar-refractivity contribution in [3.8, 4) is 0 Å². The number of β-lactam (4-membered cyclic amide) rings is 1. The van der Waals surface area contributed by atoms with Crippen molar-refractivity contribution < 1.29 is 24.3 Å². The number of hydrogen-bond donors (Lipinski definition) is 5. The van der Waals surface area contributed by atoms with Gasteiger partial charge in [0.05, 0.1) is 5.03 Å². The second-order valence-electron chi connectivity index (χ2n) is 8.30. The van der Waals surface area contributed by atoms with Gasteiger partial charge in [0.2, 0.25) is 11.5 Å². The van der Waals surface area contributed by atoms with Gasteiger partial charge in [-0.2, -0.15) is 9.36 Å². The maximum absolute atomic E-state index is 13.1. The Kier molecular flexibility index (Phi) is 7.69. The molecular weight excluding hydrogens is 568 g/mol. The van der Waals surface area contributed by atoms with Crippen LogP contribution in [-0.2, 0) is 19.2 Å². The number of fused-ring (bicyclic) bond motifs is 2. The Balaban J connectivity index is 1.30. The number of amides is 2. The molecule has 1 saturated heterocycles. The first-order chi connectivity index (χ1) is 18.8. The number of carbonyl (C=O) groups excluding carboxylic acids is 2. The lowest BCUT2D eigenvalue weighted by molar-refractivity contribution is -0.150. The number of rotatable bonds is 10. The van der Waals surface area contributed by atoms with E-state index in [4.69, 9.17) is 16.3 Å². The summed E-state index contributed by atoms with van der Waals surface area (Å²) in [5.74, 6) is -0.589. The molecule has 0 aromatic carbocycles. The fraction of sp³-hybridized carbons (Fsp3) is 0.333. The molecule has 0 aliphatic carbocycles. The largest absolute Gasteiger partial charge is 0.477 e. The summed E-state index contributed by atoms with van der Waals surface area (Å²) in [5, 5.41) is 18.6. The number of oxime groups is 1. The zero-order valence-electron chi connectivity index (χ0n) is 20.4. The first-order valence-electron chi connectivity index (χ1n) is 11.5. The Labute approximate surface area is 234 Å². The van der Waals surface area contributed by atoms with Crippen LogP contribution >= 0.6 is 35.1 Å². The predicted octanol–water partition coefficient (Wildman–Crippen LogP) is -0.809. The molecule has 4 aliphatic heterocycles. The summed E-state index contributed by atoms with van der Waals surface area (Å²) in [7, 11) is 1.26. The molecule has 1 aromatic rings. The predicted molar refractivity (Wildman–Crippen MR) is 146 cm³/mol. The molecule has 5 heterocycles. The highest BCUT2D eigenvalue weighted by atomic mass is 32.2. The van der Waals surface area contributed by atoms with E-state index in [0.29, 0.717) is 17.9 Å². The molecule has 18 heteroatoms. The van der Waals surface area contributed by atoms with E-state index in [1.165, 1.54) is 23.8 Å². The zero-order chi connectivity index (χ0) is 27.7. The number of hydrogen-bond acceptors (Lipinski definition) is 15. The van der Waals surface area contributed by atoms with Crippen LogP contribution in [0.15, 0.2) is 51.8 Å². The minimum atomic E-state index is -1.21. The number of aliphatic carboxylic acids is 1. The quantitative estimate of drug-likeness (QED) is 0.128. The van der Waals surface area contributed by atoms with E-state index in [0.717, 1.165) is 28.1 Å². The Morgan fingerprint density at radius 1 is 1.38 bits per heavy atom. The first kappa shape index (κ1) is 26.9. The van der Waals surface area contributed by atoms with Gasteiger partial charge in [0, 0.05) is 48.5 Å². The van der Waals surface area contributed by atoms with Gasteiger partial charge in [0.25, 0.3) is 11.8 Å². The van der Waals surface area contributed by atoms with Crippen LogP contribution in [0.1, 0.15) is 5.82 Å². The fourth-order valence-electron chi connectivity index (χ4n) is 4.22. The number of hydrazine groups is 1. The van der Waals surface area contributed by atoms with Gasteiger partial charge in [0.1, 0.15) is 30.0 Å². The van der Waals surface area contributed by atoms with Crippen molar-refractivity contribution in [2.24, 2.45) is 10.9 Å². The van der Waals surface area contributed by atoms with Crippen LogP contribution in [0.2, 0.25) is 0 Å². The zero-order valence-corrected chi connectivity index (χ0v) is 22.9. The van der Waals surface area contributed by atoms with Crippen LogP contribution < -0.4 is 22.2 Å². The molecule has 2 amide bonds. The van der Waals surface area contributed by atoms with Gasteiger partial charge in [-0.1, -0.05) is 5.16 Å². The highest BCUT2D eigenvalue weighted by Gasteiger charge is 2.54. The van der Waals surface area contributed by atoms with Gasteiger partial charge < -0.3 is 31.6 Å². The Bertz CT molecular complexity index is 1360. The molecule has 0 spiro atoms. The van der Waals surface area contributed by atoms with E-state index < -0.39 is 29.2 Å². The topological polar surface area (TPSA) is 205 Å². The smallest absolute Gasteiger partial charge is 0.352 e. The number of aromatic nitrogens is 2. The average molecular weight is 593 g/mol. The average Bonchev–Trinajstić information content (AvgIpc) is 3.54. The van der Waals surface area contributed by atoms with E-state index in [2.05, 4.69) is 25.3 Å². The molecule has 4 aliphatic rings. The second-order valence-corrected chi connectivity index (χ2v) is 11.3. The third-order valence-electron chi connectivity index (χ3n) is 5.88. The van der Waals surface area contributed by atoms with Crippen LogP contribution in [0.5, 0.6) is 0 Å². The van der Waals surface area contributed by atoms with Crippen LogP contribution in [0.3, 0.4) is 0 Å². The minimum Gasteiger partial charge on any atom is -0.477 e. The number of nitrogen functional groups attached to an aromatic ring is 1. The molecule has 206 valence electrons. The van der Waals surface area contributed by atoms with Gasteiger partial charge in [0.15, 0.2) is 5.13 Å². The normalized spacial score (nSPS) is 22.1. The van der Waals surface area contributed by atoms with Gasteiger partial charge in [-0.05, 0) is 17.7 Å². The number of carbonyl (C=O) groups is 3. The van der Waals surface area contributed by atoms with E-state index in [-0.39, 0.29) is 28.9 Å².